The Balaban J connectivity index is 2.05. The number of amides is 1. The molecular weight excluding hydrogens is 262 g/mol. The molecule has 0 aliphatic heterocycles. The van der Waals surface area contributed by atoms with Gasteiger partial charge in [-0.1, -0.05) is 48.5 Å². The molecule has 1 amide bonds. The average molecular weight is 279 g/mol. The molecule has 0 aliphatic rings. The zero-order valence-electron chi connectivity index (χ0n) is 11.6. The quantitative estimate of drug-likeness (QED) is 0.437. The molecular formula is C17H17N3O. The van der Waals surface area contributed by atoms with E-state index in [1.54, 1.807) is 0 Å². The van der Waals surface area contributed by atoms with Gasteiger partial charge in [0.05, 0.1) is 6.42 Å². The Hall–Kier alpha value is -2.59. The highest BCUT2D eigenvalue weighted by Gasteiger charge is 2.11. The first-order valence-corrected chi connectivity index (χ1v) is 6.88. The van der Waals surface area contributed by atoms with Crippen LogP contribution in [-0.4, -0.2) is 10.5 Å². The SMILES string of the molecule is NNC(=O)Cc1cc2ccccc2n1Cc1ccccc1. The van der Waals surface area contributed by atoms with Crippen LogP contribution in [0.3, 0.4) is 0 Å². The standard InChI is InChI=1S/C17H17N3O/c18-19-17(21)11-15-10-14-8-4-5-9-16(14)20(15)12-13-6-2-1-3-7-13/h1-10H,11-12,18H2,(H,19,21). The minimum absolute atomic E-state index is 0.188. The van der Waals surface area contributed by atoms with Gasteiger partial charge in [-0.15, -0.1) is 0 Å². The van der Waals surface area contributed by atoms with Crippen molar-refractivity contribution in [2.45, 2.75) is 13.0 Å². The summed E-state index contributed by atoms with van der Waals surface area (Å²) in [6, 6.07) is 20.4. The molecule has 0 spiro atoms. The van der Waals surface area contributed by atoms with E-state index in [0.29, 0.717) is 0 Å². The first-order valence-electron chi connectivity index (χ1n) is 6.88. The highest BCUT2D eigenvalue weighted by Crippen LogP contribution is 2.21. The van der Waals surface area contributed by atoms with Gasteiger partial charge in [0.1, 0.15) is 0 Å². The number of hydrogen-bond donors (Lipinski definition) is 2. The fourth-order valence-corrected chi connectivity index (χ4v) is 2.58. The lowest BCUT2D eigenvalue weighted by Gasteiger charge is -2.10. The minimum atomic E-state index is -0.188. The van der Waals surface area contributed by atoms with Crippen LogP contribution in [0.2, 0.25) is 0 Å². The molecule has 0 saturated heterocycles. The highest BCUT2D eigenvalue weighted by atomic mass is 16.2. The first kappa shape index (κ1) is 13.4. The third kappa shape index (κ3) is 2.80. The number of benzene rings is 2. The number of nitrogens with one attached hydrogen (secondary N) is 1. The van der Waals surface area contributed by atoms with Crippen molar-refractivity contribution in [3.05, 3.63) is 71.9 Å². The van der Waals surface area contributed by atoms with E-state index in [-0.39, 0.29) is 12.3 Å². The number of aromatic nitrogens is 1. The smallest absolute Gasteiger partial charge is 0.239 e. The van der Waals surface area contributed by atoms with Crippen LogP contribution in [0, 0.1) is 0 Å². The summed E-state index contributed by atoms with van der Waals surface area (Å²) >= 11 is 0. The monoisotopic (exact) mass is 279 g/mol. The Morgan fingerprint density at radius 2 is 1.76 bits per heavy atom. The Morgan fingerprint density at radius 3 is 2.52 bits per heavy atom. The summed E-state index contributed by atoms with van der Waals surface area (Å²) in [6.07, 6.45) is 0.276. The van der Waals surface area contributed by atoms with Crippen LogP contribution in [0.1, 0.15) is 11.3 Å². The predicted molar refractivity (Wildman–Crippen MR) is 83.5 cm³/mol. The van der Waals surface area contributed by atoms with Crippen LogP contribution >= 0.6 is 0 Å². The van der Waals surface area contributed by atoms with Crippen molar-refractivity contribution >= 4 is 16.8 Å². The summed E-state index contributed by atoms with van der Waals surface area (Å²) in [6.45, 7) is 0.738. The van der Waals surface area contributed by atoms with E-state index in [0.717, 1.165) is 23.1 Å². The van der Waals surface area contributed by atoms with Gasteiger partial charge in [-0.2, -0.15) is 0 Å². The van der Waals surface area contributed by atoms with Gasteiger partial charge in [0, 0.05) is 17.8 Å². The van der Waals surface area contributed by atoms with Crippen LogP contribution in [0.15, 0.2) is 60.7 Å². The average Bonchev–Trinajstić information content (AvgIpc) is 2.86. The second kappa shape index (κ2) is 5.81. The van der Waals surface area contributed by atoms with Gasteiger partial charge in [-0.05, 0) is 23.1 Å². The van der Waals surface area contributed by atoms with Gasteiger partial charge in [0.2, 0.25) is 5.91 Å². The number of hydrogen-bond acceptors (Lipinski definition) is 2. The molecule has 0 bridgehead atoms. The maximum atomic E-state index is 11.6. The Labute approximate surface area is 123 Å². The van der Waals surface area contributed by atoms with E-state index >= 15 is 0 Å². The molecule has 0 fully saturated rings. The van der Waals surface area contributed by atoms with Crippen molar-refractivity contribution in [2.24, 2.45) is 5.84 Å². The molecule has 4 heteroatoms. The number of carbonyl (C=O) groups excluding carboxylic acids is 1. The van der Waals surface area contributed by atoms with Crippen molar-refractivity contribution in [2.75, 3.05) is 0 Å². The molecule has 106 valence electrons. The van der Waals surface area contributed by atoms with Crippen molar-refractivity contribution in [3.63, 3.8) is 0 Å². The molecule has 0 aliphatic carbocycles. The van der Waals surface area contributed by atoms with E-state index in [1.807, 2.05) is 36.4 Å². The molecule has 21 heavy (non-hydrogen) atoms. The van der Waals surface area contributed by atoms with Gasteiger partial charge < -0.3 is 4.57 Å². The van der Waals surface area contributed by atoms with Crippen molar-refractivity contribution < 1.29 is 4.79 Å². The number of carbonyl (C=O) groups is 1. The summed E-state index contributed by atoms with van der Waals surface area (Å²) in [4.78, 5) is 11.6. The number of nitrogens with two attached hydrogens (primary N) is 1. The molecule has 3 N–H and O–H groups in total. The van der Waals surface area contributed by atoms with Gasteiger partial charge in [-0.3, -0.25) is 10.2 Å². The second-order valence-electron chi connectivity index (χ2n) is 5.01. The topological polar surface area (TPSA) is 60.0 Å². The number of rotatable bonds is 4. The van der Waals surface area contributed by atoms with Gasteiger partial charge >= 0.3 is 0 Å². The Bertz CT molecular complexity index is 762. The maximum absolute atomic E-state index is 11.6. The largest absolute Gasteiger partial charge is 0.340 e. The Kier molecular flexibility index (Phi) is 3.71. The maximum Gasteiger partial charge on any atom is 0.239 e. The number of para-hydroxylation sites is 1. The number of fused-ring (bicyclic) bond motifs is 1. The van der Waals surface area contributed by atoms with Crippen LogP contribution in [-0.2, 0) is 17.8 Å². The molecule has 0 unspecified atom stereocenters. The van der Waals surface area contributed by atoms with Crippen LogP contribution in [0.25, 0.3) is 10.9 Å². The molecule has 0 atom stereocenters. The predicted octanol–water partition coefficient (Wildman–Crippen LogP) is 2.22. The summed E-state index contributed by atoms with van der Waals surface area (Å²) in [7, 11) is 0. The molecule has 0 saturated carbocycles. The summed E-state index contributed by atoms with van der Waals surface area (Å²) in [5, 5.41) is 1.13. The van der Waals surface area contributed by atoms with Gasteiger partial charge in [-0.25, -0.2) is 5.84 Å². The minimum Gasteiger partial charge on any atom is -0.340 e. The van der Waals surface area contributed by atoms with E-state index in [4.69, 9.17) is 5.84 Å². The molecule has 4 nitrogen and oxygen atoms in total. The van der Waals surface area contributed by atoms with Gasteiger partial charge in [0.25, 0.3) is 0 Å². The fraction of sp³-hybridized carbons (Fsp3) is 0.118. The Morgan fingerprint density at radius 1 is 1.05 bits per heavy atom. The van der Waals surface area contributed by atoms with Crippen LogP contribution in [0.4, 0.5) is 0 Å². The van der Waals surface area contributed by atoms with E-state index in [9.17, 15) is 4.79 Å². The normalized spacial score (nSPS) is 10.7. The molecule has 2 aromatic carbocycles. The van der Waals surface area contributed by atoms with E-state index in [2.05, 4.69) is 34.3 Å². The van der Waals surface area contributed by atoms with Crippen molar-refractivity contribution in [1.29, 1.82) is 0 Å². The molecule has 1 heterocycles. The molecule has 0 radical (unpaired) electrons. The summed E-state index contributed by atoms with van der Waals surface area (Å²) in [5.74, 6) is 5.02. The zero-order valence-corrected chi connectivity index (χ0v) is 11.6. The van der Waals surface area contributed by atoms with Crippen molar-refractivity contribution in [3.8, 4) is 0 Å². The molecule has 3 aromatic rings. The molecule has 3 rings (SSSR count). The lowest BCUT2D eigenvalue weighted by Crippen LogP contribution is -2.32. The highest BCUT2D eigenvalue weighted by molar-refractivity contribution is 5.84. The lowest BCUT2D eigenvalue weighted by atomic mass is 10.2. The van der Waals surface area contributed by atoms with Crippen LogP contribution in [0.5, 0.6) is 0 Å². The fourth-order valence-electron chi connectivity index (χ4n) is 2.58. The number of nitrogens with zero attached hydrogens (tertiary/aromatic N) is 1. The third-order valence-electron chi connectivity index (χ3n) is 3.58. The zero-order chi connectivity index (χ0) is 14.7. The third-order valence-corrected chi connectivity index (χ3v) is 3.58. The van der Waals surface area contributed by atoms with Crippen molar-refractivity contribution in [1.82, 2.24) is 9.99 Å². The van der Waals surface area contributed by atoms with E-state index in [1.165, 1.54) is 5.56 Å². The number of hydrazine groups is 1. The first-order chi connectivity index (χ1) is 10.3. The van der Waals surface area contributed by atoms with Gasteiger partial charge in [0.15, 0.2) is 0 Å². The second-order valence-corrected chi connectivity index (χ2v) is 5.01. The van der Waals surface area contributed by atoms with Crippen LogP contribution < -0.4 is 11.3 Å². The van der Waals surface area contributed by atoms with E-state index < -0.39 is 0 Å². The summed E-state index contributed by atoms with van der Waals surface area (Å²) < 4.78 is 2.17. The summed E-state index contributed by atoms with van der Waals surface area (Å²) in [5.41, 5.74) is 5.49. The lowest BCUT2D eigenvalue weighted by molar-refractivity contribution is -0.120. The molecule has 1 aromatic heterocycles.